The van der Waals surface area contributed by atoms with Gasteiger partial charge in [-0.1, -0.05) is 29.8 Å². The lowest BCUT2D eigenvalue weighted by Crippen LogP contribution is -3.10. The quantitative estimate of drug-likeness (QED) is 0.752. The zero-order valence-electron chi connectivity index (χ0n) is 15.2. The van der Waals surface area contributed by atoms with E-state index in [-0.39, 0.29) is 23.1 Å². The van der Waals surface area contributed by atoms with Crippen LogP contribution in [0.2, 0.25) is 5.02 Å². The first-order valence-electron chi connectivity index (χ1n) is 8.35. The van der Waals surface area contributed by atoms with Crippen molar-refractivity contribution in [2.75, 3.05) is 31.2 Å². The molecule has 0 fully saturated rings. The third-order valence-corrected chi connectivity index (χ3v) is 6.16. The molecule has 2 aromatic carbocycles. The molecule has 140 valence electrons. The fraction of sp³-hybridized carbons (Fsp3) is 0.316. The highest BCUT2D eigenvalue weighted by atomic mass is 35.5. The molecule has 0 spiro atoms. The van der Waals surface area contributed by atoms with E-state index in [9.17, 15) is 13.2 Å². The molecule has 0 aromatic heterocycles. The van der Waals surface area contributed by atoms with E-state index in [4.69, 9.17) is 11.6 Å². The second-order valence-electron chi connectivity index (χ2n) is 6.47. The summed E-state index contributed by atoms with van der Waals surface area (Å²) in [4.78, 5) is 13.3. The van der Waals surface area contributed by atoms with Gasteiger partial charge in [0.1, 0.15) is 5.75 Å². The molecule has 0 aliphatic heterocycles. The highest BCUT2D eigenvalue weighted by Crippen LogP contribution is 2.19. The molecule has 2 rings (SSSR count). The Hall–Kier alpha value is -1.89. The first kappa shape index (κ1) is 20.4. The van der Waals surface area contributed by atoms with Crippen LogP contribution < -0.4 is 10.2 Å². The van der Waals surface area contributed by atoms with E-state index >= 15 is 0 Å². The molecule has 2 N–H and O–H groups in total. The molecule has 1 atom stereocenters. The fourth-order valence-corrected chi connectivity index (χ4v) is 4.16. The number of para-hydroxylation sites is 1. The van der Waals surface area contributed by atoms with Gasteiger partial charge < -0.3 is 10.2 Å². The van der Waals surface area contributed by atoms with Crippen molar-refractivity contribution in [3.8, 4) is 0 Å². The van der Waals surface area contributed by atoms with Gasteiger partial charge in [-0.15, -0.1) is 0 Å². The van der Waals surface area contributed by atoms with Gasteiger partial charge in [0.2, 0.25) is 0 Å². The number of hydrogen-bond donors (Lipinski definition) is 2. The maximum Gasteiger partial charge on any atom is 0.279 e. The van der Waals surface area contributed by atoms with Crippen molar-refractivity contribution in [2.45, 2.75) is 18.7 Å². The average molecular weight is 396 g/mol. The van der Waals surface area contributed by atoms with Crippen molar-refractivity contribution in [3.63, 3.8) is 0 Å². The van der Waals surface area contributed by atoms with Crippen LogP contribution in [-0.4, -0.2) is 40.2 Å². The van der Waals surface area contributed by atoms with E-state index < -0.39 is 9.84 Å². The molecule has 0 aliphatic rings. The number of likely N-dealkylation sites (N-methyl/N-ethyl adjacent to an activating group) is 1. The van der Waals surface area contributed by atoms with Gasteiger partial charge in [0, 0.05) is 10.7 Å². The Bertz CT molecular complexity index is 860. The first-order valence-corrected chi connectivity index (χ1v) is 10.4. The van der Waals surface area contributed by atoms with Crippen molar-refractivity contribution < 1.29 is 18.1 Å². The Morgan fingerprint density at radius 1 is 1.08 bits per heavy atom. The number of hydrogen-bond acceptors (Lipinski definition) is 3. The van der Waals surface area contributed by atoms with E-state index in [0.717, 1.165) is 21.7 Å². The molecule has 0 radical (unpaired) electrons. The fourth-order valence-electron chi connectivity index (χ4n) is 2.63. The summed E-state index contributed by atoms with van der Waals surface area (Å²) in [6, 6.07) is 11.9. The molecule has 7 heteroatoms. The van der Waals surface area contributed by atoms with Gasteiger partial charge in [-0.25, -0.2) is 8.42 Å². The van der Waals surface area contributed by atoms with Gasteiger partial charge in [0.05, 0.1) is 18.5 Å². The molecule has 5 nitrogen and oxygen atoms in total. The van der Waals surface area contributed by atoms with Gasteiger partial charge in [-0.2, -0.15) is 0 Å². The van der Waals surface area contributed by atoms with E-state index in [2.05, 4.69) is 5.32 Å². The minimum Gasteiger partial charge on any atom is -0.329 e. The maximum absolute atomic E-state index is 12.4. The van der Waals surface area contributed by atoms with Crippen LogP contribution in [0.15, 0.2) is 47.4 Å². The summed E-state index contributed by atoms with van der Waals surface area (Å²) in [5, 5.41) is 3.42. The summed E-state index contributed by atoms with van der Waals surface area (Å²) in [7, 11) is -1.58. The number of halogens is 1. The zero-order chi connectivity index (χ0) is 19.3. The molecule has 2 aromatic rings. The van der Waals surface area contributed by atoms with Crippen LogP contribution in [-0.2, 0) is 14.6 Å². The summed E-state index contributed by atoms with van der Waals surface area (Å²) < 4.78 is 24.7. The number of sulfone groups is 1. The molecule has 26 heavy (non-hydrogen) atoms. The number of carbonyl (C=O) groups is 1. The van der Waals surface area contributed by atoms with Gasteiger partial charge >= 0.3 is 0 Å². The molecule has 0 saturated heterocycles. The van der Waals surface area contributed by atoms with E-state index in [1.807, 2.05) is 39.1 Å². The number of quaternary nitrogens is 1. The van der Waals surface area contributed by atoms with Gasteiger partial charge in [-0.05, 0) is 49.2 Å². The average Bonchev–Trinajstić information content (AvgIpc) is 2.57. The van der Waals surface area contributed by atoms with Crippen LogP contribution in [0.4, 0.5) is 5.69 Å². The summed E-state index contributed by atoms with van der Waals surface area (Å²) in [5.41, 5.74) is 2.82. The standard InChI is InChI=1S/C19H23ClN2O3S/c1-14-5-4-6-15(2)19(14)21-18(23)13-22(3)11-12-26(24,25)17-9-7-16(20)8-10-17/h4-10H,11-13H2,1-3H3,(H,21,23)/p+1. The van der Waals surface area contributed by atoms with Crippen LogP contribution in [0.3, 0.4) is 0 Å². The number of nitrogens with one attached hydrogen (secondary N) is 2. The van der Waals surface area contributed by atoms with E-state index in [1.54, 1.807) is 12.1 Å². The predicted octanol–water partition coefficient (Wildman–Crippen LogP) is 1.88. The third-order valence-electron chi connectivity index (χ3n) is 4.18. The van der Waals surface area contributed by atoms with Gasteiger partial charge in [0.25, 0.3) is 5.91 Å². The Kier molecular flexibility index (Phi) is 6.81. The Balaban J connectivity index is 1.91. The van der Waals surface area contributed by atoms with Crippen molar-refractivity contribution in [1.29, 1.82) is 0 Å². The summed E-state index contributed by atoms with van der Waals surface area (Å²) in [6.45, 7) is 4.42. The predicted molar refractivity (Wildman–Crippen MR) is 105 cm³/mol. The second-order valence-corrected chi connectivity index (χ2v) is 9.02. The molecule has 1 unspecified atom stereocenters. The lowest BCUT2D eigenvalue weighted by atomic mass is 10.1. The second kappa shape index (κ2) is 8.66. The van der Waals surface area contributed by atoms with Crippen LogP contribution in [0.5, 0.6) is 0 Å². The minimum atomic E-state index is -3.39. The van der Waals surface area contributed by atoms with Crippen molar-refractivity contribution >= 4 is 33.0 Å². The highest BCUT2D eigenvalue weighted by Gasteiger charge is 2.19. The van der Waals surface area contributed by atoms with E-state index in [0.29, 0.717) is 11.6 Å². The molecular weight excluding hydrogens is 372 g/mol. The number of aryl methyl sites for hydroxylation is 2. The number of carbonyl (C=O) groups excluding carboxylic acids is 1. The summed E-state index contributed by atoms with van der Waals surface area (Å²) in [5.74, 6) is -0.166. The Morgan fingerprint density at radius 2 is 1.65 bits per heavy atom. The Labute approximate surface area is 159 Å². The highest BCUT2D eigenvalue weighted by molar-refractivity contribution is 7.91. The molecule has 0 heterocycles. The van der Waals surface area contributed by atoms with Crippen LogP contribution in [0, 0.1) is 13.8 Å². The first-order chi connectivity index (χ1) is 12.2. The summed E-state index contributed by atoms with van der Waals surface area (Å²) >= 11 is 5.79. The molecule has 0 saturated carbocycles. The largest absolute Gasteiger partial charge is 0.329 e. The van der Waals surface area contributed by atoms with Gasteiger partial charge in [0.15, 0.2) is 16.4 Å². The topological polar surface area (TPSA) is 67.7 Å². The molecule has 0 aliphatic carbocycles. The molecule has 0 bridgehead atoms. The number of amides is 1. The normalized spacial score (nSPS) is 12.6. The molecular formula is C19H24ClN2O3S+. The van der Waals surface area contributed by atoms with Crippen molar-refractivity contribution in [1.82, 2.24) is 0 Å². The number of anilines is 1. The van der Waals surface area contributed by atoms with Crippen LogP contribution >= 0.6 is 11.6 Å². The van der Waals surface area contributed by atoms with E-state index in [1.165, 1.54) is 12.1 Å². The molecule has 1 amide bonds. The lowest BCUT2D eigenvalue weighted by Gasteiger charge is -2.16. The minimum absolute atomic E-state index is 0.0306. The zero-order valence-corrected chi connectivity index (χ0v) is 16.7. The maximum atomic E-state index is 12.4. The number of rotatable bonds is 7. The van der Waals surface area contributed by atoms with Crippen molar-refractivity contribution in [2.24, 2.45) is 0 Å². The van der Waals surface area contributed by atoms with Gasteiger partial charge in [-0.3, -0.25) is 4.79 Å². The monoisotopic (exact) mass is 395 g/mol. The van der Waals surface area contributed by atoms with Crippen LogP contribution in [0.25, 0.3) is 0 Å². The third kappa shape index (κ3) is 5.56. The Morgan fingerprint density at radius 3 is 2.23 bits per heavy atom. The van der Waals surface area contributed by atoms with Crippen molar-refractivity contribution in [3.05, 3.63) is 58.6 Å². The summed E-state index contributed by atoms with van der Waals surface area (Å²) in [6.07, 6.45) is 0. The lowest BCUT2D eigenvalue weighted by molar-refractivity contribution is -0.868. The SMILES string of the molecule is Cc1cccc(C)c1NC(=O)C[NH+](C)CCS(=O)(=O)c1ccc(Cl)cc1. The van der Waals surface area contributed by atoms with Crippen LogP contribution in [0.1, 0.15) is 11.1 Å². The smallest absolute Gasteiger partial charge is 0.279 e. The number of benzene rings is 2.